The van der Waals surface area contributed by atoms with Gasteiger partial charge in [0.25, 0.3) is 0 Å². The smallest absolute Gasteiger partial charge is 0.166 e. The molecule has 6 N–H and O–H groups in total. The highest BCUT2D eigenvalue weighted by molar-refractivity contribution is 5.52. The Morgan fingerprint density at radius 1 is 0.160 bits per heavy atom. The summed E-state index contributed by atoms with van der Waals surface area (Å²) in [6.45, 7) is 27.8. The van der Waals surface area contributed by atoms with E-state index in [4.69, 9.17) is 0 Å². The van der Waals surface area contributed by atoms with E-state index in [2.05, 4.69) is 193 Å². The maximum absolute atomic E-state index is 12.7. The summed E-state index contributed by atoms with van der Waals surface area (Å²) in [6, 6.07) is 40.6. The summed E-state index contributed by atoms with van der Waals surface area (Å²) in [6.07, 6.45) is 95.5. The molecule has 0 aromatic heterocycles. The van der Waals surface area contributed by atoms with Gasteiger partial charge >= 0.3 is 0 Å². The minimum atomic E-state index is 0.00772. The van der Waals surface area contributed by atoms with Crippen molar-refractivity contribution in [3.63, 3.8) is 0 Å². The summed E-state index contributed by atoms with van der Waals surface area (Å²) in [5.74, 6) is 0.127. The first-order chi connectivity index (χ1) is 72.8. The van der Waals surface area contributed by atoms with Crippen molar-refractivity contribution in [1.82, 2.24) is 0 Å². The highest BCUT2D eigenvalue weighted by Gasteiger charge is 2.36. The molecule has 0 atom stereocenters. The maximum Gasteiger partial charge on any atom is 0.166 e. The Hall–Kier alpha value is -6.12. The molecular weight excluding hydrogens is 1840 g/mol. The number of fused-ring (bicyclic) bond motifs is 3. The molecule has 0 fully saturated rings. The van der Waals surface area contributed by atoms with Gasteiger partial charge in [-0.05, 0) is 113 Å². The van der Waals surface area contributed by atoms with Gasteiger partial charge in [0.2, 0.25) is 0 Å². The molecule has 4 aliphatic rings. The van der Waals surface area contributed by atoms with Crippen LogP contribution in [0.25, 0.3) is 0 Å². The van der Waals surface area contributed by atoms with E-state index >= 15 is 0 Å². The number of phenols is 6. The molecule has 0 amide bonds. The van der Waals surface area contributed by atoms with E-state index < -0.39 is 0 Å². The average molecular weight is 2080 g/mol. The highest BCUT2D eigenvalue weighted by Crippen LogP contribution is 2.43. The fourth-order valence-corrected chi connectivity index (χ4v) is 25.4. The van der Waals surface area contributed by atoms with Gasteiger partial charge in [0.05, 0.1) is 115 Å². The van der Waals surface area contributed by atoms with Gasteiger partial charge in [0.1, 0.15) is 78.5 Å². The van der Waals surface area contributed by atoms with Gasteiger partial charge in [0, 0.05) is 33.4 Å². The van der Waals surface area contributed by atoms with E-state index in [0.29, 0.717) is 92.0 Å². The first-order valence-electron chi connectivity index (χ1n) is 64.6. The van der Waals surface area contributed by atoms with Gasteiger partial charge in [-0.15, -0.1) is 0 Å². The summed E-state index contributed by atoms with van der Waals surface area (Å²) in [5, 5.41) is 75.7. The zero-order chi connectivity index (χ0) is 108. The lowest BCUT2D eigenvalue weighted by atomic mass is 10.0. The van der Waals surface area contributed by atoms with E-state index in [0.717, 1.165) is 86.1 Å². The number of quaternary nitrogens is 6. The Labute approximate surface area is 926 Å². The molecule has 6 aromatic rings. The summed E-state index contributed by atoms with van der Waals surface area (Å²) in [7, 11) is 14.2. The molecule has 6 bridgehead atoms. The second-order valence-electron chi connectivity index (χ2n) is 51.0. The second kappa shape index (κ2) is 78.1. The number of hydrogen-bond donors (Lipinski definition) is 6. The molecular formula is C138H240N6O6+6. The van der Waals surface area contributed by atoms with Crippen LogP contribution in [0.5, 0.6) is 34.5 Å². The Morgan fingerprint density at radius 2 is 0.267 bits per heavy atom. The number of phenolic OH excluding ortho intramolecular Hbond substituents is 6. The second-order valence-corrected chi connectivity index (χ2v) is 51.0. The highest BCUT2D eigenvalue weighted by atomic mass is 16.3. The SMILES string of the molecule is CCCCCCCCCCCCCC[N+](C)(CCCCCCCCCCCCCC)Cc1ccc(C[N+]2(C)Cc3ccc(cc3)C[N+](C)(Cc3ccc(C[N+](C)(CCCCCCCCCCCCCC)CCCCCCCCCCCCCC)c(O)c3O)Cc3ccc(cc3)C[N+](C)(Cc3ccc(C[N+](C)(CCCCCCCCCCCCCC)CCCCCCCCCCCCCC)c(O)c3O)Cc3ccc(cc3)C2)c(O)c1O. The third kappa shape index (κ3) is 55.7. The van der Waals surface area contributed by atoms with Crippen molar-refractivity contribution in [2.45, 2.75) is 582 Å². The van der Waals surface area contributed by atoms with Crippen LogP contribution in [0.3, 0.4) is 0 Å². The van der Waals surface area contributed by atoms with E-state index in [1.807, 2.05) is 0 Å². The molecule has 10 rings (SSSR count). The average Bonchev–Trinajstić information content (AvgIpc) is 0.914. The Kier molecular flexibility index (Phi) is 68.1. The molecule has 0 saturated carbocycles. The van der Waals surface area contributed by atoms with Crippen LogP contribution in [0.4, 0.5) is 0 Å². The van der Waals surface area contributed by atoms with Crippen LogP contribution in [0.1, 0.15) is 571 Å². The van der Waals surface area contributed by atoms with E-state index in [9.17, 15) is 30.6 Å². The largest absolute Gasteiger partial charge is 0.504 e. The lowest BCUT2D eigenvalue weighted by Gasteiger charge is -2.37. The van der Waals surface area contributed by atoms with Gasteiger partial charge < -0.3 is 57.5 Å². The van der Waals surface area contributed by atoms with Crippen molar-refractivity contribution in [2.24, 2.45) is 0 Å². The van der Waals surface area contributed by atoms with Gasteiger partial charge in [-0.1, -0.05) is 500 Å². The maximum atomic E-state index is 12.7. The molecule has 0 spiro atoms. The summed E-state index contributed by atoms with van der Waals surface area (Å²) < 4.78 is 4.20. The van der Waals surface area contributed by atoms with Crippen molar-refractivity contribution in [1.29, 1.82) is 0 Å². The third-order valence-electron chi connectivity index (χ3n) is 35.0. The lowest BCUT2D eigenvalue weighted by Crippen LogP contribution is -2.45. The minimum absolute atomic E-state index is 0.00772. The molecule has 852 valence electrons. The van der Waals surface area contributed by atoms with Crippen LogP contribution in [0.15, 0.2) is 109 Å². The summed E-state index contributed by atoms with van der Waals surface area (Å²) in [5.41, 5.74) is 11.9. The lowest BCUT2D eigenvalue weighted by molar-refractivity contribution is -0.948. The fraction of sp³-hybridized carbons (Fsp3) is 0.739. The van der Waals surface area contributed by atoms with Crippen LogP contribution in [-0.2, 0) is 78.5 Å². The van der Waals surface area contributed by atoms with E-state index in [1.54, 1.807) is 0 Å². The number of rotatable bonds is 90. The molecule has 4 heterocycles. The van der Waals surface area contributed by atoms with Gasteiger partial charge in [-0.2, -0.15) is 0 Å². The number of unbranched alkanes of at least 4 members (excludes halogenated alkanes) is 66. The topological polar surface area (TPSA) is 121 Å². The first kappa shape index (κ1) is 131. The minimum Gasteiger partial charge on any atom is -0.504 e. The molecule has 4 aliphatic heterocycles. The number of benzene rings is 6. The number of hydrogen-bond acceptors (Lipinski definition) is 6. The van der Waals surface area contributed by atoms with Crippen molar-refractivity contribution < 1.29 is 57.5 Å². The van der Waals surface area contributed by atoms with E-state index in [1.165, 1.54) is 496 Å². The zero-order valence-corrected chi connectivity index (χ0v) is 100. The molecule has 0 saturated heterocycles. The van der Waals surface area contributed by atoms with Crippen molar-refractivity contribution in [2.75, 3.05) is 81.6 Å². The number of aromatic hydroxyl groups is 6. The zero-order valence-electron chi connectivity index (χ0n) is 100. The molecule has 0 radical (unpaired) electrons. The van der Waals surface area contributed by atoms with Crippen LogP contribution in [0.2, 0.25) is 0 Å². The van der Waals surface area contributed by atoms with Crippen molar-refractivity contribution in [3.8, 4) is 34.5 Å². The molecule has 12 nitrogen and oxygen atoms in total. The van der Waals surface area contributed by atoms with Gasteiger partial charge in [-0.3, -0.25) is 0 Å². The van der Waals surface area contributed by atoms with Crippen LogP contribution < -0.4 is 0 Å². The van der Waals surface area contributed by atoms with Crippen LogP contribution in [0, 0.1) is 0 Å². The predicted molar refractivity (Wildman–Crippen MR) is 646 cm³/mol. The fourth-order valence-electron chi connectivity index (χ4n) is 25.4. The van der Waals surface area contributed by atoms with Crippen molar-refractivity contribution in [3.05, 3.63) is 176 Å². The predicted octanol–water partition coefficient (Wildman–Crippen LogP) is 39.3. The summed E-state index contributed by atoms with van der Waals surface area (Å²) >= 11 is 0. The molecule has 150 heavy (non-hydrogen) atoms. The molecule has 12 heteroatoms. The Morgan fingerprint density at radius 3 is 0.393 bits per heavy atom. The monoisotopic (exact) mass is 2080 g/mol. The Bertz CT molecular complexity index is 3750. The van der Waals surface area contributed by atoms with Gasteiger partial charge in [0.15, 0.2) is 34.5 Å². The van der Waals surface area contributed by atoms with Crippen LogP contribution >= 0.6 is 0 Å². The van der Waals surface area contributed by atoms with E-state index in [-0.39, 0.29) is 34.5 Å². The normalized spacial score (nSPS) is 15.9. The van der Waals surface area contributed by atoms with Crippen molar-refractivity contribution >= 4 is 0 Å². The standard InChI is InChI=1S/C138H234N6O6/c1-13-19-25-31-37-43-49-55-61-67-73-79-103-139(7,104-80-74-68-62-56-50-44-38-32-26-20-14-2)115-127-97-100-130(136(148)133(127)145)118-142(10)109-121-85-89-123(90-86-121)111-143(11,119-131-101-98-128(134(146)137(131)149)116-140(8,105-81-75-69-63-57-51-45-39-33-27-21-15-3)106-82-76-70-64-58-52-46-40-34-28-22-16-4)113-125-93-95-126(96-94-125)114-144(12,112-124-91-87-122(110-142)88-92-124)120-132-102-99-129(135(147)138(132)150)117-141(9,107-83-77-71-65-59-53-47-41-35-29-23-17-5)108-84-78-72-66-60-54-48-42-36-30-24-18-6/h85-102H,13-84,103-120H2,1-12H3/p+6. The quantitative estimate of drug-likeness (QED) is 0.0129. The Balaban J connectivity index is 1.20. The number of nitrogens with zero attached hydrogens (tertiary/aromatic N) is 6. The summed E-state index contributed by atoms with van der Waals surface area (Å²) in [4.78, 5) is 0. The third-order valence-corrected chi connectivity index (χ3v) is 35.0. The van der Waals surface area contributed by atoms with Gasteiger partial charge in [-0.25, -0.2) is 0 Å². The molecule has 0 aliphatic carbocycles. The van der Waals surface area contributed by atoms with Crippen LogP contribution in [-0.4, -0.2) is 139 Å². The molecule has 6 aromatic carbocycles. The molecule has 0 unspecified atom stereocenters. The first-order valence-corrected chi connectivity index (χ1v) is 64.6.